The second kappa shape index (κ2) is 5.11. The molecule has 0 aliphatic rings. The van der Waals surface area contributed by atoms with Crippen molar-refractivity contribution in [3.05, 3.63) is 30.7 Å². The first-order valence-electron chi connectivity index (χ1n) is 5.22. The van der Waals surface area contributed by atoms with E-state index in [1.54, 1.807) is 18.5 Å². The molecule has 0 saturated heterocycles. The minimum Gasteiger partial charge on any atom is -0.478 e. The zero-order chi connectivity index (χ0) is 12.1. The topological polar surface area (TPSA) is 86.0 Å². The average molecular weight is 231 g/mol. The highest BCUT2D eigenvalue weighted by molar-refractivity contribution is 5.64. The summed E-state index contributed by atoms with van der Waals surface area (Å²) in [5.74, 6) is 1.45. The fourth-order valence-electron chi connectivity index (χ4n) is 1.27. The second-order valence-corrected chi connectivity index (χ2v) is 3.23. The maximum absolute atomic E-state index is 5.66. The molecule has 3 N–H and O–H groups in total. The maximum atomic E-state index is 5.66. The highest BCUT2D eigenvalue weighted by Gasteiger charge is 2.02. The summed E-state index contributed by atoms with van der Waals surface area (Å²) in [5, 5.41) is 3.02. The molecule has 2 aromatic heterocycles. The number of ether oxygens (including phenoxy) is 1. The van der Waals surface area contributed by atoms with Crippen molar-refractivity contribution in [1.29, 1.82) is 0 Å². The molecule has 0 aliphatic carbocycles. The lowest BCUT2D eigenvalue weighted by Crippen LogP contribution is -2.01. The van der Waals surface area contributed by atoms with Crippen molar-refractivity contribution < 1.29 is 4.74 Å². The van der Waals surface area contributed by atoms with E-state index in [4.69, 9.17) is 10.5 Å². The van der Waals surface area contributed by atoms with Crippen LogP contribution in [0.1, 0.15) is 6.92 Å². The Morgan fingerprint density at radius 3 is 2.71 bits per heavy atom. The molecule has 0 bridgehead atoms. The average Bonchev–Trinajstić information content (AvgIpc) is 2.35. The standard InChI is InChI=1S/C11H13N5O/c1-2-17-9-4-3-8(7-15-9)16-11-10(12)13-5-6-14-11/h3-7H,2H2,1H3,(H2,12,13)(H,14,16). The van der Waals surface area contributed by atoms with Crippen LogP contribution in [-0.2, 0) is 0 Å². The molecule has 0 unspecified atom stereocenters. The van der Waals surface area contributed by atoms with Crippen LogP contribution >= 0.6 is 0 Å². The van der Waals surface area contributed by atoms with Crippen LogP contribution in [0.25, 0.3) is 0 Å². The van der Waals surface area contributed by atoms with Crippen molar-refractivity contribution >= 4 is 17.3 Å². The Labute approximate surface area is 98.9 Å². The first-order valence-corrected chi connectivity index (χ1v) is 5.22. The largest absolute Gasteiger partial charge is 0.478 e. The molecular formula is C11H13N5O. The van der Waals surface area contributed by atoms with Crippen LogP contribution in [-0.4, -0.2) is 21.6 Å². The van der Waals surface area contributed by atoms with Gasteiger partial charge in [-0.25, -0.2) is 15.0 Å². The van der Waals surface area contributed by atoms with Crippen molar-refractivity contribution in [2.75, 3.05) is 17.7 Å². The Kier molecular flexibility index (Phi) is 3.34. The molecule has 2 heterocycles. The SMILES string of the molecule is CCOc1ccc(Nc2nccnc2N)cn1. The zero-order valence-electron chi connectivity index (χ0n) is 9.42. The molecule has 0 aromatic carbocycles. The van der Waals surface area contributed by atoms with Crippen molar-refractivity contribution in [3.63, 3.8) is 0 Å². The van der Waals surface area contributed by atoms with Gasteiger partial charge in [-0.15, -0.1) is 0 Å². The number of anilines is 3. The summed E-state index contributed by atoms with van der Waals surface area (Å²) in [4.78, 5) is 12.1. The van der Waals surface area contributed by atoms with E-state index >= 15 is 0 Å². The number of nitrogen functional groups attached to an aromatic ring is 1. The third-order valence-electron chi connectivity index (χ3n) is 2.02. The van der Waals surface area contributed by atoms with Gasteiger partial charge >= 0.3 is 0 Å². The van der Waals surface area contributed by atoms with Crippen LogP contribution in [0, 0.1) is 0 Å². The lowest BCUT2D eigenvalue weighted by Gasteiger charge is -2.07. The van der Waals surface area contributed by atoms with E-state index in [-0.39, 0.29) is 0 Å². The summed E-state index contributed by atoms with van der Waals surface area (Å²) in [6.07, 6.45) is 4.76. The Morgan fingerprint density at radius 2 is 2.06 bits per heavy atom. The van der Waals surface area contributed by atoms with E-state index in [1.807, 2.05) is 13.0 Å². The molecule has 0 spiro atoms. The van der Waals surface area contributed by atoms with E-state index in [0.29, 0.717) is 24.1 Å². The lowest BCUT2D eigenvalue weighted by molar-refractivity contribution is 0.327. The van der Waals surface area contributed by atoms with E-state index < -0.39 is 0 Å². The Bertz CT molecular complexity index is 485. The number of aromatic nitrogens is 3. The summed E-state index contributed by atoms with van der Waals surface area (Å²) in [6, 6.07) is 3.62. The number of hydrogen-bond donors (Lipinski definition) is 2. The van der Waals surface area contributed by atoms with Gasteiger partial charge in [0, 0.05) is 18.5 Å². The predicted molar refractivity (Wildman–Crippen MR) is 65.1 cm³/mol. The smallest absolute Gasteiger partial charge is 0.213 e. The molecule has 6 heteroatoms. The van der Waals surface area contributed by atoms with Gasteiger partial charge in [0.15, 0.2) is 11.6 Å². The summed E-state index contributed by atoms with van der Waals surface area (Å²) in [7, 11) is 0. The maximum Gasteiger partial charge on any atom is 0.213 e. The van der Waals surface area contributed by atoms with Crippen molar-refractivity contribution in [2.24, 2.45) is 0 Å². The van der Waals surface area contributed by atoms with Crippen LogP contribution in [0.4, 0.5) is 17.3 Å². The van der Waals surface area contributed by atoms with Crippen LogP contribution < -0.4 is 15.8 Å². The monoisotopic (exact) mass is 231 g/mol. The quantitative estimate of drug-likeness (QED) is 0.831. The van der Waals surface area contributed by atoms with Gasteiger partial charge < -0.3 is 15.8 Å². The molecule has 17 heavy (non-hydrogen) atoms. The summed E-state index contributed by atoms with van der Waals surface area (Å²) >= 11 is 0. The summed E-state index contributed by atoms with van der Waals surface area (Å²) < 4.78 is 5.24. The van der Waals surface area contributed by atoms with Gasteiger partial charge in [-0.05, 0) is 13.0 Å². The number of nitrogens with zero attached hydrogens (tertiary/aromatic N) is 3. The predicted octanol–water partition coefficient (Wildman–Crippen LogP) is 1.60. The third kappa shape index (κ3) is 2.81. The van der Waals surface area contributed by atoms with Crippen molar-refractivity contribution in [2.45, 2.75) is 6.92 Å². The van der Waals surface area contributed by atoms with Gasteiger partial charge in [-0.3, -0.25) is 0 Å². The lowest BCUT2D eigenvalue weighted by atomic mass is 10.4. The molecule has 0 aliphatic heterocycles. The molecule has 2 aromatic rings. The molecule has 0 amide bonds. The number of nitrogens with two attached hydrogens (primary N) is 1. The first-order chi connectivity index (χ1) is 8.29. The number of rotatable bonds is 4. The zero-order valence-corrected chi connectivity index (χ0v) is 9.42. The summed E-state index contributed by atoms with van der Waals surface area (Å²) in [5.41, 5.74) is 6.44. The van der Waals surface area contributed by atoms with Crippen LogP contribution in [0.3, 0.4) is 0 Å². The second-order valence-electron chi connectivity index (χ2n) is 3.23. The molecule has 0 radical (unpaired) electrons. The minimum absolute atomic E-state index is 0.349. The van der Waals surface area contributed by atoms with Gasteiger partial charge in [-0.1, -0.05) is 0 Å². The van der Waals surface area contributed by atoms with Gasteiger partial charge in [0.25, 0.3) is 0 Å². The van der Waals surface area contributed by atoms with Crippen LogP contribution in [0.2, 0.25) is 0 Å². The normalized spacial score (nSPS) is 9.94. The molecule has 88 valence electrons. The Balaban J connectivity index is 2.11. The fourth-order valence-corrected chi connectivity index (χ4v) is 1.27. The van der Waals surface area contributed by atoms with E-state index in [9.17, 15) is 0 Å². The van der Waals surface area contributed by atoms with Crippen molar-refractivity contribution in [3.8, 4) is 5.88 Å². The van der Waals surface area contributed by atoms with Gasteiger partial charge in [0.1, 0.15) is 0 Å². The minimum atomic E-state index is 0.349. The number of nitrogens with one attached hydrogen (secondary N) is 1. The molecule has 6 nitrogen and oxygen atoms in total. The van der Waals surface area contributed by atoms with E-state index in [1.165, 1.54) is 6.20 Å². The first kappa shape index (κ1) is 11.1. The van der Waals surface area contributed by atoms with Crippen LogP contribution in [0.15, 0.2) is 30.7 Å². The van der Waals surface area contributed by atoms with Gasteiger partial charge in [-0.2, -0.15) is 0 Å². The molecular weight excluding hydrogens is 218 g/mol. The fraction of sp³-hybridized carbons (Fsp3) is 0.182. The molecule has 0 atom stereocenters. The Hall–Kier alpha value is -2.37. The number of hydrogen-bond acceptors (Lipinski definition) is 6. The van der Waals surface area contributed by atoms with Gasteiger partial charge in [0.05, 0.1) is 18.5 Å². The van der Waals surface area contributed by atoms with Crippen molar-refractivity contribution in [1.82, 2.24) is 15.0 Å². The molecule has 2 rings (SSSR count). The number of pyridine rings is 1. The van der Waals surface area contributed by atoms with Gasteiger partial charge in [0.2, 0.25) is 5.88 Å². The third-order valence-corrected chi connectivity index (χ3v) is 2.02. The summed E-state index contributed by atoms with van der Waals surface area (Å²) in [6.45, 7) is 2.50. The Morgan fingerprint density at radius 1 is 1.24 bits per heavy atom. The van der Waals surface area contributed by atoms with Crippen LogP contribution in [0.5, 0.6) is 5.88 Å². The molecule has 0 fully saturated rings. The highest BCUT2D eigenvalue weighted by Crippen LogP contribution is 2.18. The van der Waals surface area contributed by atoms with E-state index in [0.717, 1.165) is 5.69 Å². The van der Waals surface area contributed by atoms with E-state index in [2.05, 4.69) is 20.3 Å². The highest BCUT2D eigenvalue weighted by atomic mass is 16.5. The molecule has 0 saturated carbocycles.